The Morgan fingerprint density at radius 3 is 2.84 bits per heavy atom. The predicted octanol–water partition coefficient (Wildman–Crippen LogP) is 3.20. The summed E-state index contributed by atoms with van der Waals surface area (Å²) in [7, 11) is 0. The lowest BCUT2D eigenvalue weighted by atomic mass is 9.98. The summed E-state index contributed by atoms with van der Waals surface area (Å²) in [5.74, 6) is 0.0361. The molecule has 0 aliphatic carbocycles. The third-order valence-electron chi connectivity index (χ3n) is 3.42. The number of carbonyl (C=O) groups is 1. The number of rotatable bonds is 3. The quantitative estimate of drug-likeness (QED) is 0.631. The van der Waals surface area contributed by atoms with E-state index in [0.29, 0.717) is 17.3 Å². The molecule has 6 heteroatoms. The van der Waals surface area contributed by atoms with Gasteiger partial charge in [-0.15, -0.1) is 0 Å². The van der Waals surface area contributed by atoms with Crippen molar-refractivity contribution >= 4 is 28.8 Å². The van der Waals surface area contributed by atoms with Gasteiger partial charge in [-0.3, -0.25) is 14.9 Å². The van der Waals surface area contributed by atoms with E-state index in [1.54, 1.807) is 6.07 Å². The smallest absolute Gasteiger partial charge is 0.292 e. The molecule has 0 amide bonds. The van der Waals surface area contributed by atoms with Crippen LogP contribution in [0.4, 0.5) is 11.4 Å². The Morgan fingerprint density at radius 2 is 2.21 bits per heavy atom. The molecule has 1 heterocycles. The highest BCUT2D eigenvalue weighted by molar-refractivity contribution is 6.31. The summed E-state index contributed by atoms with van der Waals surface area (Å²) in [5, 5.41) is 11.5. The van der Waals surface area contributed by atoms with Crippen LogP contribution in [-0.4, -0.2) is 23.3 Å². The molecule has 1 saturated heterocycles. The molecule has 5 nitrogen and oxygen atoms in total. The van der Waals surface area contributed by atoms with Gasteiger partial charge in [0.15, 0.2) is 5.78 Å². The van der Waals surface area contributed by atoms with Gasteiger partial charge in [0.05, 0.1) is 11.0 Å². The van der Waals surface area contributed by atoms with Gasteiger partial charge in [0.2, 0.25) is 0 Å². The summed E-state index contributed by atoms with van der Waals surface area (Å²) >= 11 is 5.93. The highest BCUT2D eigenvalue weighted by atomic mass is 35.5. The fraction of sp³-hybridized carbons (Fsp3) is 0.462. The molecule has 0 spiro atoms. The highest BCUT2D eigenvalue weighted by Gasteiger charge is 2.30. The average molecular weight is 283 g/mol. The minimum absolute atomic E-state index is 0.00227. The topological polar surface area (TPSA) is 63.5 Å². The molecule has 1 aliphatic heterocycles. The first kappa shape index (κ1) is 13.8. The summed E-state index contributed by atoms with van der Waals surface area (Å²) in [6, 6.07) is 4.17. The Bertz CT molecular complexity index is 519. The first-order chi connectivity index (χ1) is 9.00. The van der Waals surface area contributed by atoms with Gasteiger partial charge in [-0.2, -0.15) is 0 Å². The molecule has 19 heavy (non-hydrogen) atoms. The summed E-state index contributed by atoms with van der Waals surface area (Å²) in [6.45, 7) is 2.17. The fourth-order valence-corrected chi connectivity index (χ4v) is 2.69. The van der Waals surface area contributed by atoms with Crippen molar-refractivity contribution in [3.63, 3.8) is 0 Å². The van der Waals surface area contributed by atoms with Crippen LogP contribution in [0.1, 0.15) is 26.2 Å². The molecule has 1 atom stereocenters. The second-order valence-corrected chi connectivity index (χ2v) is 5.14. The third-order valence-corrected chi connectivity index (χ3v) is 3.65. The molecule has 1 fully saturated rings. The molecule has 0 aromatic heterocycles. The normalized spacial score (nSPS) is 19.3. The lowest BCUT2D eigenvalue weighted by Crippen LogP contribution is -2.44. The largest absolute Gasteiger partial charge is 0.356 e. The monoisotopic (exact) mass is 282 g/mol. The zero-order chi connectivity index (χ0) is 14.0. The number of anilines is 1. The number of hydrogen-bond donors (Lipinski definition) is 0. The number of carbonyl (C=O) groups excluding carboxylic acids is 1. The minimum Gasteiger partial charge on any atom is -0.356 e. The van der Waals surface area contributed by atoms with E-state index in [-0.39, 0.29) is 17.5 Å². The lowest BCUT2D eigenvalue weighted by Gasteiger charge is -2.35. The molecular weight excluding hydrogens is 268 g/mol. The molecule has 1 aliphatic rings. The Morgan fingerprint density at radius 1 is 1.47 bits per heavy atom. The second kappa shape index (κ2) is 5.57. The Hall–Kier alpha value is -1.62. The Kier molecular flexibility index (Phi) is 4.04. The van der Waals surface area contributed by atoms with Crippen molar-refractivity contribution < 1.29 is 9.72 Å². The molecule has 1 aromatic carbocycles. The van der Waals surface area contributed by atoms with E-state index >= 15 is 0 Å². The van der Waals surface area contributed by atoms with E-state index in [1.165, 1.54) is 19.1 Å². The second-order valence-electron chi connectivity index (χ2n) is 4.71. The molecule has 0 N–H and O–H groups in total. The molecule has 0 radical (unpaired) electrons. The number of Topliss-reactive ketones (excluding diaryl/α,β-unsaturated/α-hetero) is 1. The number of benzene rings is 1. The molecule has 1 aromatic rings. The van der Waals surface area contributed by atoms with Crippen molar-refractivity contribution in [2.75, 3.05) is 11.4 Å². The zero-order valence-electron chi connectivity index (χ0n) is 10.6. The summed E-state index contributed by atoms with van der Waals surface area (Å²) in [4.78, 5) is 24.2. The van der Waals surface area contributed by atoms with Crippen LogP contribution in [0, 0.1) is 10.1 Å². The van der Waals surface area contributed by atoms with Gasteiger partial charge >= 0.3 is 0 Å². The van der Waals surface area contributed by atoms with Crippen LogP contribution in [0.5, 0.6) is 0 Å². The molecule has 0 bridgehead atoms. The number of nitro benzene ring substituents is 1. The summed E-state index contributed by atoms with van der Waals surface area (Å²) in [6.07, 6.45) is 2.63. The number of hydrogen-bond acceptors (Lipinski definition) is 4. The molecule has 102 valence electrons. The Labute approximate surface area is 116 Å². The maximum atomic E-state index is 11.7. The van der Waals surface area contributed by atoms with E-state index in [2.05, 4.69) is 0 Å². The highest BCUT2D eigenvalue weighted by Crippen LogP contribution is 2.35. The molecule has 1 unspecified atom stereocenters. The van der Waals surface area contributed by atoms with Crippen molar-refractivity contribution in [2.24, 2.45) is 0 Å². The van der Waals surface area contributed by atoms with Gasteiger partial charge < -0.3 is 4.90 Å². The van der Waals surface area contributed by atoms with E-state index in [4.69, 9.17) is 11.6 Å². The maximum absolute atomic E-state index is 11.7. The average Bonchev–Trinajstić information content (AvgIpc) is 2.38. The first-order valence-electron chi connectivity index (χ1n) is 6.21. The van der Waals surface area contributed by atoms with Crippen LogP contribution in [0.2, 0.25) is 5.02 Å². The Balaban J connectivity index is 2.46. The maximum Gasteiger partial charge on any atom is 0.292 e. The van der Waals surface area contributed by atoms with E-state index in [0.717, 1.165) is 19.3 Å². The SMILES string of the molecule is CC(=O)C1CCCCN1c1cc(Cl)ccc1[N+](=O)[O-]. The van der Waals surface area contributed by atoms with E-state index < -0.39 is 4.92 Å². The van der Waals surface area contributed by atoms with Gasteiger partial charge in [-0.25, -0.2) is 0 Å². The number of piperidine rings is 1. The molecule has 2 rings (SSSR count). The lowest BCUT2D eigenvalue weighted by molar-refractivity contribution is -0.384. The van der Waals surface area contributed by atoms with Crippen molar-refractivity contribution in [2.45, 2.75) is 32.2 Å². The van der Waals surface area contributed by atoms with Gasteiger partial charge in [-0.1, -0.05) is 11.6 Å². The standard InChI is InChI=1S/C13H15ClN2O3/c1-9(17)11-4-2-3-7-15(11)13-8-10(14)5-6-12(13)16(18)19/h5-6,8,11H,2-4,7H2,1H3. The molecular formula is C13H15ClN2O3. The van der Waals surface area contributed by atoms with Crippen LogP contribution in [0.15, 0.2) is 18.2 Å². The predicted molar refractivity (Wildman–Crippen MR) is 73.8 cm³/mol. The van der Waals surface area contributed by atoms with Crippen LogP contribution < -0.4 is 4.90 Å². The van der Waals surface area contributed by atoms with Crippen LogP contribution in [0.3, 0.4) is 0 Å². The number of nitro groups is 1. The fourth-order valence-electron chi connectivity index (χ4n) is 2.52. The van der Waals surface area contributed by atoms with Crippen molar-refractivity contribution in [1.29, 1.82) is 0 Å². The number of ketones is 1. The van der Waals surface area contributed by atoms with Crippen molar-refractivity contribution in [1.82, 2.24) is 0 Å². The molecule has 0 saturated carbocycles. The van der Waals surface area contributed by atoms with Crippen molar-refractivity contribution in [3.8, 4) is 0 Å². The zero-order valence-corrected chi connectivity index (χ0v) is 11.4. The van der Waals surface area contributed by atoms with Crippen molar-refractivity contribution in [3.05, 3.63) is 33.3 Å². The van der Waals surface area contributed by atoms with Gasteiger partial charge in [0.1, 0.15) is 5.69 Å². The first-order valence-corrected chi connectivity index (χ1v) is 6.59. The number of nitrogens with zero attached hydrogens (tertiary/aromatic N) is 2. The van der Waals surface area contributed by atoms with Gasteiger partial charge in [-0.05, 0) is 38.3 Å². The van der Waals surface area contributed by atoms with Crippen LogP contribution >= 0.6 is 11.6 Å². The van der Waals surface area contributed by atoms with Gasteiger partial charge in [0, 0.05) is 17.6 Å². The van der Waals surface area contributed by atoms with Crippen LogP contribution in [-0.2, 0) is 4.79 Å². The van der Waals surface area contributed by atoms with E-state index in [1.807, 2.05) is 4.90 Å². The summed E-state index contributed by atoms with van der Waals surface area (Å²) < 4.78 is 0. The van der Waals surface area contributed by atoms with Gasteiger partial charge in [0.25, 0.3) is 5.69 Å². The van der Waals surface area contributed by atoms with Crippen LogP contribution in [0.25, 0.3) is 0 Å². The van der Waals surface area contributed by atoms with E-state index in [9.17, 15) is 14.9 Å². The minimum atomic E-state index is -0.433. The summed E-state index contributed by atoms with van der Waals surface area (Å²) in [5.41, 5.74) is 0.440. The number of halogens is 1. The third kappa shape index (κ3) is 2.87.